The zero-order valence-electron chi connectivity index (χ0n) is 14.0. The molecule has 1 heterocycles. The first-order chi connectivity index (χ1) is 11.5. The number of hydrazone groups is 1. The van der Waals surface area contributed by atoms with Gasteiger partial charge in [0.05, 0.1) is 28.9 Å². The number of carbonyl (C=O) groups excluding carboxylic acids is 1. The first-order valence-corrected chi connectivity index (χ1v) is 8.37. The van der Waals surface area contributed by atoms with Gasteiger partial charge in [-0.3, -0.25) is 4.79 Å². The van der Waals surface area contributed by atoms with E-state index in [0.29, 0.717) is 34.7 Å². The number of hydrogen-bond acceptors (Lipinski definition) is 4. The Hall–Kier alpha value is -2.39. The first kappa shape index (κ1) is 18.0. The minimum absolute atomic E-state index is 0.0428. The van der Waals surface area contributed by atoms with E-state index >= 15 is 0 Å². The van der Waals surface area contributed by atoms with E-state index in [2.05, 4.69) is 16.4 Å². The summed E-state index contributed by atoms with van der Waals surface area (Å²) in [5.74, 6) is 2.99. The summed E-state index contributed by atoms with van der Waals surface area (Å²) in [5.41, 5.74) is 5.03. The number of hydrogen-bond donors (Lipinski definition) is 1. The maximum atomic E-state index is 11.7. The zero-order chi connectivity index (χ0) is 17.7. The molecule has 0 aromatic carbocycles. The average Bonchev–Trinajstić information content (AvgIpc) is 2.55. The quantitative estimate of drug-likeness (QED) is 0.626. The lowest BCUT2D eigenvalue weighted by Gasteiger charge is -2.23. The van der Waals surface area contributed by atoms with Gasteiger partial charge in [0.1, 0.15) is 5.76 Å². The molecule has 2 unspecified atom stereocenters. The molecule has 2 aliphatic rings. The number of ether oxygens (including phenoxy) is 1. The zero-order valence-corrected chi connectivity index (χ0v) is 14.8. The molecule has 0 spiro atoms. The summed E-state index contributed by atoms with van der Waals surface area (Å²) >= 11 is 0.439. The number of methoxy groups -OCH3 is 1. The molecular formula is C18H20N2O3S. The van der Waals surface area contributed by atoms with Crippen LogP contribution in [0.5, 0.6) is 0 Å². The maximum absolute atomic E-state index is 11.7. The van der Waals surface area contributed by atoms with Crippen molar-refractivity contribution in [3.63, 3.8) is 0 Å². The Labute approximate surface area is 145 Å². The van der Waals surface area contributed by atoms with Gasteiger partial charge in [0.15, 0.2) is 0 Å². The number of nitrogens with zero attached hydrogens (tertiary/aromatic N) is 1. The van der Waals surface area contributed by atoms with Gasteiger partial charge in [-0.15, -0.1) is 12.3 Å². The number of carbonyl (C=O) groups is 1. The molecule has 0 saturated heterocycles. The van der Waals surface area contributed by atoms with Crippen LogP contribution < -0.4 is 5.43 Å². The molecule has 0 bridgehead atoms. The highest BCUT2D eigenvalue weighted by Crippen LogP contribution is 2.26. The summed E-state index contributed by atoms with van der Waals surface area (Å²) in [6, 6.07) is 0. The maximum Gasteiger partial charge on any atom is 0.240 e. The van der Waals surface area contributed by atoms with E-state index in [1.54, 1.807) is 7.11 Å². The van der Waals surface area contributed by atoms with Crippen LogP contribution in [0, 0.1) is 24.2 Å². The van der Waals surface area contributed by atoms with Crippen LogP contribution in [0.2, 0.25) is 0 Å². The lowest BCUT2D eigenvalue weighted by Crippen LogP contribution is -2.32. The molecule has 2 rings (SSSR count). The molecule has 0 aromatic rings. The van der Waals surface area contributed by atoms with Gasteiger partial charge in [0.25, 0.3) is 0 Å². The molecule has 1 N–H and O–H groups in total. The SMILES string of the molecule is C#CCC1=C(OC)C=CC(C=C(C)C2=NNC(=O)CC2C)C1=S=O. The Morgan fingerprint density at radius 3 is 2.96 bits per heavy atom. The fraction of sp³-hybridized carbons (Fsp3) is 0.389. The van der Waals surface area contributed by atoms with Crippen LogP contribution in [0.3, 0.4) is 0 Å². The second kappa shape index (κ2) is 7.93. The molecule has 5 nitrogen and oxygen atoms in total. The number of nitrogens with one attached hydrogen (secondary N) is 1. The minimum Gasteiger partial charge on any atom is -0.496 e. The average molecular weight is 344 g/mol. The Balaban J connectivity index is 2.35. The summed E-state index contributed by atoms with van der Waals surface area (Å²) in [7, 11) is 1.56. The third-order valence-corrected chi connectivity index (χ3v) is 4.73. The van der Waals surface area contributed by atoms with Gasteiger partial charge in [0.2, 0.25) is 5.91 Å². The highest BCUT2D eigenvalue weighted by molar-refractivity contribution is 7.67. The molecule has 1 amide bonds. The van der Waals surface area contributed by atoms with Gasteiger partial charge in [-0.2, -0.15) is 5.10 Å². The van der Waals surface area contributed by atoms with Crippen molar-refractivity contribution in [2.24, 2.45) is 16.9 Å². The van der Waals surface area contributed by atoms with E-state index < -0.39 is 0 Å². The largest absolute Gasteiger partial charge is 0.496 e. The highest BCUT2D eigenvalue weighted by Gasteiger charge is 2.25. The van der Waals surface area contributed by atoms with Gasteiger partial charge in [-0.05, 0) is 18.6 Å². The van der Waals surface area contributed by atoms with Crippen LogP contribution in [0.4, 0.5) is 0 Å². The van der Waals surface area contributed by atoms with Crippen molar-refractivity contribution < 1.29 is 13.7 Å². The number of amides is 1. The predicted molar refractivity (Wildman–Crippen MR) is 96.4 cm³/mol. The van der Waals surface area contributed by atoms with Crippen LogP contribution in [-0.4, -0.2) is 27.8 Å². The molecule has 126 valence electrons. The Bertz CT molecular complexity index is 762. The van der Waals surface area contributed by atoms with Crippen molar-refractivity contribution in [2.45, 2.75) is 26.7 Å². The molecule has 0 fully saturated rings. The third kappa shape index (κ3) is 3.74. The van der Waals surface area contributed by atoms with E-state index in [0.717, 1.165) is 16.9 Å². The molecule has 6 heteroatoms. The van der Waals surface area contributed by atoms with Crippen molar-refractivity contribution in [1.82, 2.24) is 5.43 Å². The van der Waals surface area contributed by atoms with Gasteiger partial charge < -0.3 is 4.74 Å². The number of allylic oxidation sites excluding steroid dienone is 5. The monoisotopic (exact) mass is 344 g/mol. The second-order valence-corrected chi connectivity index (χ2v) is 6.35. The van der Waals surface area contributed by atoms with E-state index in [4.69, 9.17) is 11.2 Å². The van der Waals surface area contributed by atoms with Crippen molar-refractivity contribution in [3.8, 4) is 12.3 Å². The smallest absolute Gasteiger partial charge is 0.240 e. The second-order valence-electron chi connectivity index (χ2n) is 5.75. The van der Waals surface area contributed by atoms with E-state index in [-0.39, 0.29) is 17.7 Å². The third-order valence-electron chi connectivity index (χ3n) is 4.03. The van der Waals surface area contributed by atoms with Gasteiger partial charge >= 0.3 is 0 Å². The fourth-order valence-electron chi connectivity index (χ4n) is 2.89. The van der Waals surface area contributed by atoms with Gasteiger partial charge in [-0.25, -0.2) is 9.63 Å². The summed E-state index contributed by atoms with van der Waals surface area (Å²) < 4.78 is 17.0. The standard InChI is InChI=1S/C18H20N2O3S/c1-5-6-14-15(23-4)8-7-13(18(14)24-22)9-11(2)17-12(3)10-16(21)19-20-17/h1,7-9,12-13H,6,10H2,2-4H3,(H,19,21). The van der Waals surface area contributed by atoms with E-state index in [9.17, 15) is 9.00 Å². The first-order valence-electron chi connectivity index (χ1n) is 7.62. The Kier molecular flexibility index (Phi) is 5.93. The Morgan fingerprint density at radius 1 is 1.62 bits per heavy atom. The molecule has 0 saturated carbocycles. The van der Waals surface area contributed by atoms with Crippen molar-refractivity contribution >= 4 is 27.7 Å². The Morgan fingerprint density at radius 2 is 2.38 bits per heavy atom. The summed E-state index contributed by atoms with van der Waals surface area (Å²) in [6.45, 7) is 3.90. The summed E-state index contributed by atoms with van der Waals surface area (Å²) in [6.07, 6.45) is 11.9. The molecule has 0 aromatic heterocycles. The van der Waals surface area contributed by atoms with Crippen LogP contribution in [-0.2, 0) is 20.8 Å². The van der Waals surface area contributed by atoms with Crippen molar-refractivity contribution in [1.29, 1.82) is 0 Å². The minimum atomic E-state index is -0.178. The summed E-state index contributed by atoms with van der Waals surface area (Å²) in [5, 5.41) is 4.16. The van der Waals surface area contributed by atoms with Crippen LogP contribution in [0.15, 0.2) is 40.2 Å². The van der Waals surface area contributed by atoms with Gasteiger partial charge in [-0.1, -0.05) is 19.1 Å². The number of terminal acetylenes is 1. The lowest BCUT2D eigenvalue weighted by atomic mass is 9.87. The van der Waals surface area contributed by atoms with Crippen molar-refractivity contribution in [3.05, 3.63) is 35.1 Å². The van der Waals surface area contributed by atoms with E-state index in [1.807, 2.05) is 32.1 Å². The topological polar surface area (TPSA) is 67.8 Å². The lowest BCUT2D eigenvalue weighted by molar-refractivity contribution is -0.121. The van der Waals surface area contributed by atoms with Crippen molar-refractivity contribution in [2.75, 3.05) is 7.11 Å². The van der Waals surface area contributed by atoms with Crippen LogP contribution in [0.25, 0.3) is 0 Å². The highest BCUT2D eigenvalue weighted by atomic mass is 32.1. The molecule has 1 aliphatic heterocycles. The molecule has 0 radical (unpaired) electrons. The summed E-state index contributed by atoms with van der Waals surface area (Å²) in [4.78, 5) is 12.0. The molecule has 2 atom stereocenters. The van der Waals surface area contributed by atoms with Gasteiger partial charge in [0, 0.05) is 30.3 Å². The van der Waals surface area contributed by atoms with Crippen LogP contribution in [0.1, 0.15) is 26.7 Å². The normalized spacial score (nSPS) is 24.2. The fourth-order valence-corrected chi connectivity index (χ4v) is 3.42. The molecule has 24 heavy (non-hydrogen) atoms. The molecular weight excluding hydrogens is 324 g/mol. The van der Waals surface area contributed by atoms with E-state index in [1.165, 1.54) is 0 Å². The molecule has 1 aliphatic carbocycles. The predicted octanol–water partition coefficient (Wildman–Crippen LogP) is 1.94. The number of rotatable bonds is 4. The van der Waals surface area contributed by atoms with Crippen LogP contribution >= 0.6 is 0 Å².